The molecule has 2 nitrogen and oxygen atoms in total. The number of aryl methyl sites for hydroxylation is 1. The lowest BCUT2D eigenvalue weighted by atomic mass is 9.90. The molecule has 1 aliphatic rings. The second kappa shape index (κ2) is 9.62. The van der Waals surface area contributed by atoms with Gasteiger partial charge in [0.05, 0.1) is 0 Å². The molecule has 4 heteroatoms. The quantitative estimate of drug-likeness (QED) is 0.817. The third-order valence-corrected chi connectivity index (χ3v) is 4.82. The van der Waals surface area contributed by atoms with E-state index in [1.807, 2.05) is 0 Å². The standard InChI is InChI=1S/C20H28N2.2ClH/c1-15(2)14-20(22-12-10-21-11-13-22)19-9-8-16(3)17-6-4-5-7-18(17)19;;/h4-9,15,20-21H,10-14H2,1-3H3;2*1H/t20-;;/m1../s1. The molecule has 0 amide bonds. The van der Waals surface area contributed by atoms with Crippen molar-refractivity contribution in [1.82, 2.24) is 10.2 Å². The summed E-state index contributed by atoms with van der Waals surface area (Å²) >= 11 is 0. The van der Waals surface area contributed by atoms with Gasteiger partial charge in [-0.25, -0.2) is 0 Å². The molecule has 0 aromatic heterocycles. The zero-order chi connectivity index (χ0) is 15.5. The van der Waals surface area contributed by atoms with Crippen molar-refractivity contribution in [2.24, 2.45) is 5.92 Å². The third kappa shape index (κ3) is 4.64. The van der Waals surface area contributed by atoms with E-state index in [0.29, 0.717) is 12.0 Å². The molecule has 3 rings (SSSR count). The van der Waals surface area contributed by atoms with Crippen molar-refractivity contribution in [2.75, 3.05) is 26.2 Å². The van der Waals surface area contributed by atoms with E-state index in [1.165, 1.54) is 28.3 Å². The monoisotopic (exact) mass is 368 g/mol. The molecule has 0 saturated carbocycles. The minimum atomic E-state index is 0. The first-order valence-corrected chi connectivity index (χ1v) is 8.60. The summed E-state index contributed by atoms with van der Waals surface area (Å²) in [6.45, 7) is 11.4. The zero-order valence-corrected chi connectivity index (χ0v) is 16.6. The molecule has 1 heterocycles. The highest BCUT2D eigenvalue weighted by Crippen LogP contribution is 2.34. The predicted octanol–water partition coefficient (Wildman–Crippen LogP) is 4.98. The Labute approximate surface area is 158 Å². The summed E-state index contributed by atoms with van der Waals surface area (Å²) in [6, 6.07) is 14.1. The lowest BCUT2D eigenvalue weighted by molar-refractivity contribution is 0.155. The number of rotatable bonds is 4. The van der Waals surface area contributed by atoms with Crippen LogP contribution in [0, 0.1) is 12.8 Å². The predicted molar refractivity (Wildman–Crippen MR) is 110 cm³/mol. The SMILES string of the molecule is Cc1ccc([C@@H](CC(C)C)N2CCNCC2)c2ccccc12.Cl.Cl. The summed E-state index contributed by atoms with van der Waals surface area (Å²) in [5.41, 5.74) is 2.89. The zero-order valence-electron chi connectivity index (χ0n) is 14.9. The average Bonchev–Trinajstić information content (AvgIpc) is 2.54. The van der Waals surface area contributed by atoms with Crippen LogP contribution in [-0.2, 0) is 0 Å². The fourth-order valence-corrected chi connectivity index (χ4v) is 3.68. The van der Waals surface area contributed by atoms with Gasteiger partial charge in [-0.1, -0.05) is 50.2 Å². The Morgan fingerprint density at radius 2 is 1.58 bits per heavy atom. The van der Waals surface area contributed by atoms with E-state index in [2.05, 4.69) is 67.4 Å². The van der Waals surface area contributed by atoms with Gasteiger partial charge < -0.3 is 5.32 Å². The number of fused-ring (bicyclic) bond motifs is 1. The third-order valence-electron chi connectivity index (χ3n) is 4.82. The van der Waals surface area contributed by atoms with Gasteiger partial charge in [0, 0.05) is 32.2 Å². The Bertz CT molecular complexity index is 637. The maximum Gasteiger partial charge on any atom is 0.0357 e. The van der Waals surface area contributed by atoms with E-state index >= 15 is 0 Å². The van der Waals surface area contributed by atoms with Crippen molar-refractivity contribution in [1.29, 1.82) is 0 Å². The molecule has 2 aromatic rings. The van der Waals surface area contributed by atoms with Crippen LogP contribution < -0.4 is 5.32 Å². The van der Waals surface area contributed by atoms with Crippen LogP contribution in [0.15, 0.2) is 36.4 Å². The lowest BCUT2D eigenvalue weighted by Crippen LogP contribution is -2.45. The number of piperazine rings is 1. The van der Waals surface area contributed by atoms with E-state index in [9.17, 15) is 0 Å². The van der Waals surface area contributed by atoms with Gasteiger partial charge in [0.2, 0.25) is 0 Å². The van der Waals surface area contributed by atoms with Crippen LogP contribution in [0.25, 0.3) is 10.8 Å². The number of nitrogens with zero attached hydrogens (tertiary/aromatic N) is 1. The summed E-state index contributed by atoms with van der Waals surface area (Å²) in [6.07, 6.45) is 1.23. The number of hydrogen-bond donors (Lipinski definition) is 1. The lowest BCUT2D eigenvalue weighted by Gasteiger charge is -2.37. The molecule has 24 heavy (non-hydrogen) atoms. The number of halogens is 2. The van der Waals surface area contributed by atoms with Gasteiger partial charge in [-0.15, -0.1) is 24.8 Å². The van der Waals surface area contributed by atoms with E-state index < -0.39 is 0 Å². The molecule has 1 atom stereocenters. The molecule has 0 spiro atoms. The van der Waals surface area contributed by atoms with Gasteiger partial charge in [-0.2, -0.15) is 0 Å². The summed E-state index contributed by atoms with van der Waals surface area (Å²) < 4.78 is 0. The highest BCUT2D eigenvalue weighted by atomic mass is 35.5. The summed E-state index contributed by atoms with van der Waals surface area (Å²) in [7, 11) is 0. The minimum Gasteiger partial charge on any atom is -0.314 e. The normalized spacial score (nSPS) is 16.5. The Hall–Kier alpha value is -0.800. The number of benzene rings is 2. The Morgan fingerprint density at radius 1 is 0.958 bits per heavy atom. The Kier molecular flexibility index (Phi) is 8.52. The van der Waals surface area contributed by atoms with Gasteiger partial charge in [0.1, 0.15) is 0 Å². The van der Waals surface area contributed by atoms with Crippen molar-refractivity contribution in [3.63, 3.8) is 0 Å². The van der Waals surface area contributed by atoms with Crippen molar-refractivity contribution in [2.45, 2.75) is 33.2 Å². The van der Waals surface area contributed by atoms with Gasteiger partial charge in [-0.05, 0) is 41.2 Å². The highest BCUT2D eigenvalue weighted by Gasteiger charge is 2.24. The molecule has 134 valence electrons. The summed E-state index contributed by atoms with van der Waals surface area (Å²) in [5, 5.41) is 6.32. The van der Waals surface area contributed by atoms with Crippen LogP contribution in [0.1, 0.15) is 37.4 Å². The van der Waals surface area contributed by atoms with E-state index in [-0.39, 0.29) is 24.8 Å². The summed E-state index contributed by atoms with van der Waals surface area (Å²) in [5.74, 6) is 0.708. The molecule has 1 fully saturated rings. The van der Waals surface area contributed by atoms with E-state index in [1.54, 1.807) is 0 Å². The number of nitrogens with one attached hydrogen (secondary N) is 1. The van der Waals surface area contributed by atoms with E-state index in [0.717, 1.165) is 26.2 Å². The fourth-order valence-electron chi connectivity index (χ4n) is 3.68. The average molecular weight is 369 g/mol. The Balaban J connectivity index is 0.00000144. The number of hydrogen-bond acceptors (Lipinski definition) is 2. The van der Waals surface area contributed by atoms with Crippen LogP contribution in [0.3, 0.4) is 0 Å². The van der Waals surface area contributed by atoms with E-state index in [4.69, 9.17) is 0 Å². The molecule has 2 aromatic carbocycles. The maximum atomic E-state index is 3.48. The molecule has 0 aliphatic carbocycles. The van der Waals surface area contributed by atoms with Crippen LogP contribution >= 0.6 is 24.8 Å². The molecule has 0 unspecified atom stereocenters. The maximum absolute atomic E-state index is 3.48. The van der Waals surface area contributed by atoms with Crippen molar-refractivity contribution >= 4 is 35.6 Å². The van der Waals surface area contributed by atoms with Gasteiger partial charge in [0.25, 0.3) is 0 Å². The molecule has 1 saturated heterocycles. The largest absolute Gasteiger partial charge is 0.314 e. The molecule has 0 bridgehead atoms. The highest BCUT2D eigenvalue weighted by molar-refractivity contribution is 5.89. The minimum absolute atomic E-state index is 0. The fraction of sp³-hybridized carbons (Fsp3) is 0.500. The molecule has 1 aliphatic heterocycles. The van der Waals surface area contributed by atoms with Gasteiger partial charge in [0.15, 0.2) is 0 Å². The van der Waals surface area contributed by atoms with Crippen molar-refractivity contribution in [3.05, 3.63) is 47.5 Å². The first kappa shape index (κ1) is 21.2. The first-order valence-electron chi connectivity index (χ1n) is 8.60. The topological polar surface area (TPSA) is 15.3 Å². The van der Waals surface area contributed by atoms with Crippen LogP contribution in [0.2, 0.25) is 0 Å². The molecule has 0 radical (unpaired) electrons. The van der Waals surface area contributed by atoms with Crippen LogP contribution in [-0.4, -0.2) is 31.1 Å². The second-order valence-corrected chi connectivity index (χ2v) is 6.95. The summed E-state index contributed by atoms with van der Waals surface area (Å²) in [4.78, 5) is 2.67. The molecular weight excluding hydrogens is 339 g/mol. The molecule has 1 N–H and O–H groups in total. The van der Waals surface area contributed by atoms with Gasteiger partial charge in [-0.3, -0.25) is 4.90 Å². The van der Waals surface area contributed by atoms with Crippen LogP contribution in [0.5, 0.6) is 0 Å². The van der Waals surface area contributed by atoms with Crippen LogP contribution in [0.4, 0.5) is 0 Å². The van der Waals surface area contributed by atoms with Crippen molar-refractivity contribution in [3.8, 4) is 0 Å². The van der Waals surface area contributed by atoms with Crippen molar-refractivity contribution < 1.29 is 0 Å². The Morgan fingerprint density at radius 3 is 2.21 bits per heavy atom. The first-order chi connectivity index (χ1) is 10.7. The molecular formula is C20H30Cl2N2. The second-order valence-electron chi connectivity index (χ2n) is 6.95. The van der Waals surface area contributed by atoms with Gasteiger partial charge >= 0.3 is 0 Å². The smallest absolute Gasteiger partial charge is 0.0357 e.